The van der Waals surface area contributed by atoms with Crippen molar-refractivity contribution in [3.8, 4) is 11.5 Å². The van der Waals surface area contributed by atoms with E-state index < -0.39 is 0 Å². The number of ether oxygens (including phenoxy) is 2. The number of hydrogen-bond acceptors (Lipinski definition) is 5. The number of H-pyrrole nitrogens is 1. The number of halogens is 1. The first-order chi connectivity index (χ1) is 13.5. The summed E-state index contributed by atoms with van der Waals surface area (Å²) >= 11 is 8.84. The summed E-state index contributed by atoms with van der Waals surface area (Å²) in [6.07, 6.45) is 0. The van der Waals surface area contributed by atoms with Crippen LogP contribution in [0.15, 0.2) is 40.9 Å². The molecule has 0 unspecified atom stereocenters. The molecule has 148 valence electrons. The number of hydrogen-bond donors (Lipinski definition) is 2. The molecule has 0 aliphatic rings. The number of nitrogens with zero attached hydrogens (tertiary/aromatic N) is 2. The molecule has 0 aliphatic heterocycles. The third-order valence-electron chi connectivity index (χ3n) is 4.15. The third-order valence-corrected chi connectivity index (χ3v) is 5.02. The lowest BCUT2D eigenvalue weighted by Crippen LogP contribution is -2.16. The Balaban J connectivity index is 1.77. The molecule has 3 aromatic rings. The molecule has 1 aromatic heterocycles. The van der Waals surface area contributed by atoms with Gasteiger partial charge in [0.2, 0.25) is 4.77 Å². The predicted octanol–water partition coefficient (Wildman–Crippen LogP) is 5.04. The molecule has 1 heterocycles. The highest BCUT2D eigenvalue weighted by molar-refractivity contribution is 9.10. The predicted molar refractivity (Wildman–Crippen MR) is 116 cm³/mol. The van der Waals surface area contributed by atoms with Crippen LogP contribution in [-0.2, 0) is 13.2 Å². The molecule has 0 radical (unpaired) electrons. The molecule has 2 aromatic carbocycles. The van der Waals surface area contributed by atoms with E-state index >= 15 is 0 Å². The van der Waals surface area contributed by atoms with Gasteiger partial charge in [-0.25, -0.2) is 4.68 Å². The van der Waals surface area contributed by atoms with Crippen LogP contribution in [0.4, 0.5) is 0 Å². The molecular weight excluding hydrogens is 440 g/mol. The van der Waals surface area contributed by atoms with Crippen molar-refractivity contribution in [3.63, 3.8) is 0 Å². The summed E-state index contributed by atoms with van der Waals surface area (Å²) in [6, 6.07) is 12.3. The van der Waals surface area contributed by atoms with Gasteiger partial charge in [-0.15, -0.1) is 0 Å². The molecule has 0 spiro atoms. The first kappa shape index (κ1) is 20.4. The topological polar surface area (TPSA) is 64.1 Å². The van der Waals surface area contributed by atoms with Gasteiger partial charge >= 0.3 is 0 Å². The Morgan fingerprint density at radius 2 is 1.89 bits per heavy atom. The van der Waals surface area contributed by atoms with Gasteiger partial charge in [0.1, 0.15) is 12.4 Å². The molecule has 0 saturated carbocycles. The van der Waals surface area contributed by atoms with Gasteiger partial charge in [0.25, 0.3) is 0 Å². The third kappa shape index (κ3) is 4.94. The van der Waals surface area contributed by atoms with Crippen molar-refractivity contribution in [2.45, 2.75) is 33.9 Å². The Morgan fingerprint density at radius 3 is 2.54 bits per heavy atom. The number of benzene rings is 2. The smallest absolute Gasteiger partial charge is 0.214 e. The number of aryl methyl sites for hydroxylation is 2. The zero-order chi connectivity index (χ0) is 20.1. The fourth-order valence-corrected chi connectivity index (χ4v) is 3.54. The molecule has 2 N–H and O–H groups in total. The lowest BCUT2D eigenvalue weighted by Gasteiger charge is -2.16. The Kier molecular flexibility index (Phi) is 6.74. The van der Waals surface area contributed by atoms with E-state index in [4.69, 9.17) is 21.7 Å². The molecule has 0 saturated heterocycles. The monoisotopic (exact) mass is 462 g/mol. The maximum absolute atomic E-state index is 6.06. The van der Waals surface area contributed by atoms with Crippen molar-refractivity contribution in [2.24, 2.45) is 0 Å². The fraction of sp³-hybridized carbons (Fsp3) is 0.300. The Labute approximate surface area is 178 Å². The maximum atomic E-state index is 6.06. The molecule has 0 atom stereocenters. The van der Waals surface area contributed by atoms with Crippen LogP contribution < -0.4 is 14.9 Å². The van der Waals surface area contributed by atoms with Crippen molar-refractivity contribution in [2.75, 3.05) is 12.0 Å². The molecule has 8 heteroatoms. The second-order valence-electron chi connectivity index (χ2n) is 6.36. The van der Waals surface area contributed by atoms with E-state index in [1.165, 1.54) is 5.56 Å². The highest BCUT2D eigenvalue weighted by atomic mass is 79.9. The van der Waals surface area contributed by atoms with Gasteiger partial charge in [-0.3, -0.25) is 5.10 Å². The summed E-state index contributed by atoms with van der Waals surface area (Å²) in [7, 11) is 0. The van der Waals surface area contributed by atoms with Gasteiger partial charge in [-0.1, -0.05) is 29.8 Å². The molecular formula is C20H23BrN4O2S. The van der Waals surface area contributed by atoms with Gasteiger partial charge in [-0.05, 0) is 72.2 Å². The van der Waals surface area contributed by atoms with Crippen LogP contribution in [-0.4, -0.2) is 21.5 Å². The normalized spacial score (nSPS) is 10.7. The minimum Gasteiger partial charge on any atom is -0.490 e. The van der Waals surface area contributed by atoms with Crippen LogP contribution in [0.1, 0.15) is 29.4 Å². The first-order valence-electron chi connectivity index (χ1n) is 8.99. The quantitative estimate of drug-likeness (QED) is 0.459. The van der Waals surface area contributed by atoms with Crippen LogP contribution in [0.5, 0.6) is 11.5 Å². The summed E-state index contributed by atoms with van der Waals surface area (Å²) < 4.78 is 15.0. The van der Waals surface area contributed by atoms with Gasteiger partial charge in [0.15, 0.2) is 11.5 Å². The minimum atomic E-state index is 0.472. The molecule has 3 rings (SSSR count). The Hall–Kier alpha value is -2.32. The second-order valence-corrected chi connectivity index (χ2v) is 7.60. The van der Waals surface area contributed by atoms with E-state index in [9.17, 15) is 0 Å². The number of rotatable bonds is 8. The number of nitrogens with one attached hydrogen (secondary N) is 2. The molecule has 0 fully saturated rings. The average molecular weight is 463 g/mol. The van der Waals surface area contributed by atoms with Gasteiger partial charge in [0, 0.05) is 0 Å². The van der Waals surface area contributed by atoms with Crippen molar-refractivity contribution >= 4 is 28.1 Å². The highest BCUT2D eigenvalue weighted by Gasteiger charge is 2.13. The minimum absolute atomic E-state index is 0.472. The summed E-state index contributed by atoms with van der Waals surface area (Å²) in [5.74, 6) is 2.17. The van der Waals surface area contributed by atoms with E-state index in [0.717, 1.165) is 21.4 Å². The Morgan fingerprint density at radius 1 is 1.14 bits per heavy atom. The lowest BCUT2D eigenvalue weighted by molar-refractivity contribution is 0.267. The second kappa shape index (κ2) is 9.25. The van der Waals surface area contributed by atoms with Crippen LogP contribution >= 0.6 is 28.1 Å². The molecule has 28 heavy (non-hydrogen) atoms. The van der Waals surface area contributed by atoms with Crippen LogP contribution in [0.25, 0.3) is 0 Å². The van der Waals surface area contributed by atoms with Crippen molar-refractivity contribution in [1.82, 2.24) is 14.9 Å². The summed E-state index contributed by atoms with van der Waals surface area (Å²) in [5, 5.41) is 6.86. The molecule has 0 amide bonds. The van der Waals surface area contributed by atoms with Gasteiger partial charge < -0.3 is 14.9 Å². The number of aromatic amines is 1. The number of aromatic nitrogens is 3. The SMILES string of the molecule is CCOc1cc(CNn2c(C)n[nH]c2=S)cc(Br)c1OCc1ccc(C)cc1. The van der Waals surface area contributed by atoms with Crippen molar-refractivity contribution in [1.29, 1.82) is 0 Å². The summed E-state index contributed by atoms with van der Waals surface area (Å²) in [5.41, 5.74) is 6.62. The summed E-state index contributed by atoms with van der Waals surface area (Å²) in [6.45, 7) is 7.49. The van der Waals surface area contributed by atoms with Gasteiger partial charge in [-0.2, -0.15) is 5.10 Å². The van der Waals surface area contributed by atoms with E-state index in [0.29, 0.717) is 36.0 Å². The van der Waals surface area contributed by atoms with Crippen molar-refractivity contribution in [3.05, 3.63) is 68.2 Å². The molecule has 0 bridgehead atoms. The van der Waals surface area contributed by atoms with Crippen LogP contribution in [0.2, 0.25) is 0 Å². The zero-order valence-corrected chi connectivity index (χ0v) is 18.5. The summed E-state index contributed by atoms with van der Waals surface area (Å²) in [4.78, 5) is 0. The fourth-order valence-electron chi connectivity index (χ4n) is 2.70. The van der Waals surface area contributed by atoms with E-state index in [1.807, 2.05) is 26.0 Å². The zero-order valence-electron chi connectivity index (χ0n) is 16.1. The van der Waals surface area contributed by atoms with E-state index in [1.54, 1.807) is 4.68 Å². The Bertz CT molecular complexity index is 998. The average Bonchev–Trinajstić information content (AvgIpc) is 2.99. The van der Waals surface area contributed by atoms with E-state index in [-0.39, 0.29) is 0 Å². The molecule has 6 nitrogen and oxygen atoms in total. The van der Waals surface area contributed by atoms with Crippen molar-refractivity contribution < 1.29 is 9.47 Å². The standard InChI is InChI=1S/C20H23BrN4O2S/c1-4-26-18-10-16(11-22-25-14(3)23-24-20(25)28)9-17(21)19(18)27-12-15-7-5-13(2)6-8-15/h5-10,22H,4,11-12H2,1-3H3,(H,24,28). The van der Waals surface area contributed by atoms with Crippen LogP contribution in [0, 0.1) is 18.6 Å². The highest BCUT2D eigenvalue weighted by Crippen LogP contribution is 2.37. The van der Waals surface area contributed by atoms with Crippen LogP contribution in [0.3, 0.4) is 0 Å². The van der Waals surface area contributed by atoms with E-state index in [2.05, 4.69) is 62.7 Å². The lowest BCUT2D eigenvalue weighted by atomic mass is 10.1. The largest absolute Gasteiger partial charge is 0.490 e. The maximum Gasteiger partial charge on any atom is 0.214 e. The van der Waals surface area contributed by atoms with Gasteiger partial charge in [0.05, 0.1) is 17.6 Å². The molecule has 0 aliphatic carbocycles. The first-order valence-corrected chi connectivity index (χ1v) is 10.2.